The Balaban J connectivity index is 1.69. The second kappa shape index (κ2) is 6.05. The SMILES string of the molecule is [CH2][CH2][Zr]([CH3])([CH]1C=CC2=C1CCCC2)[CH]1C=CC2=C1CCCC2. The van der Waals surface area contributed by atoms with Crippen molar-refractivity contribution < 1.29 is 20.3 Å². The Morgan fingerprint density at radius 1 is 0.864 bits per heavy atom. The van der Waals surface area contributed by atoms with E-state index < -0.39 is 20.3 Å². The molecule has 0 aliphatic heterocycles. The van der Waals surface area contributed by atoms with Crippen LogP contribution in [0.5, 0.6) is 0 Å². The zero-order valence-corrected chi connectivity index (χ0v) is 16.5. The quantitative estimate of drug-likeness (QED) is 0.505. The molecule has 0 aromatic heterocycles. The fourth-order valence-electron chi connectivity index (χ4n) is 5.39. The summed E-state index contributed by atoms with van der Waals surface area (Å²) in [5, 5.41) is 0. The summed E-state index contributed by atoms with van der Waals surface area (Å²) in [5.74, 6) is 0. The molecule has 4 rings (SSSR count). The van der Waals surface area contributed by atoms with Gasteiger partial charge >= 0.3 is 141 Å². The maximum absolute atomic E-state index is 4.50. The van der Waals surface area contributed by atoms with Crippen molar-refractivity contribution in [2.24, 2.45) is 0 Å². The molecule has 22 heavy (non-hydrogen) atoms. The topological polar surface area (TPSA) is 0 Å². The summed E-state index contributed by atoms with van der Waals surface area (Å²) in [6, 6.07) is 0. The monoisotopic (exact) mass is 371 g/mol. The third-order valence-electron chi connectivity index (χ3n) is 6.80. The summed E-state index contributed by atoms with van der Waals surface area (Å²) in [4.78, 5) is 0. The Morgan fingerprint density at radius 3 is 1.77 bits per heavy atom. The van der Waals surface area contributed by atoms with Crippen LogP contribution in [0, 0.1) is 6.92 Å². The second-order valence-corrected chi connectivity index (χ2v) is 19.6. The Labute approximate surface area is 140 Å². The molecular formula is C21H29Zr. The van der Waals surface area contributed by atoms with Gasteiger partial charge in [-0.05, 0) is 0 Å². The van der Waals surface area contributed by atoms with E-state index in [1.807, 2.05) is 11.1 Å². The van der Waals surface area contributed by atoms with Gasteiger partial charge in [0.15, 0.2) is 0 Å². The fraction of sp³-hybridized carbons (Fsp3) is 0.571. The molecule has 117 valence electrons. The number of hydrogen-bond acceptors (Lipinski definition) is 0. The molecule has 0 saturated carbocycles. The summed E-state index contributed by atoms with van der Waals surface area (Å²) in [5.41, 5.74) is 7.14. The second-order valence-electron chi connectivity index (χ2n) is 7.94. The normalized spacial score (nSPS) is 33.2. The van der Waals surface area contributed by atoms with Crippen LogP contribution in [0.4, 0.5) is 0 Å². The average molecular weight is 373 g/mol. The van der Waals surface area contributed by atoms with Gasteiger partial charge in [0.05, 0.1) is 0 Å². The first-order valence-corrected chi connectivity index (χ1v) is 16.4. The van der Waals surface area contributed by atoms with Crippen LogP contribution in [0.15, 0.2) is 46.6 Å². The molecule has 2 unspecified atom stereocenters. The minimum atomic E-state index is -2.37. The van der Waals surface area contributed by atoms with E-state index in [1.54, 1.807) is 11.1 Å². The van der Waals surface area contributed by atoms with Gasteiger partial charge in [0.1, 0.15) is 0 Å². The molecule has 1 heteroatoms. The van der Waals surface area contributed by atoms with Crippen LogP contribution in [-0.2, 0) is 20.3 Å². The molecule has 0 aromatic rings. The van der Waals surface area contributed by atoms with Crippen LogP contribution >= 0.6 is 0 Å². The van der Waals surface area contributed by atoms with Crippen LogP contribution < -0.4 is 0 Å². The van der Waals surface area contributed by atoms with E-state index in [0.717, 1.165) is 7.25 Å². The maximum atomic E-state index is 4.50. The summed E-state index contributed by atoms with van der Waals surface area (Å²) >= 11 is -2.37. The van der Waals surface area contributed by atoms with E-state index in [2.05, 4.69) is 35.9 Å². The molecule has 0 saturated heterocycles. The molecule has 0 nitrogen and oxygen atoms in total. The van der Waals surface area contributed by atoms with Gasteiger partial charge in [0.2, 0.25) is 0 Å². The predicted octanol–water partition coefficient (Wildman–Crippen LogP) is 6.90. The first-order chi connectivity index (χ1) is 10.7. The van der Waals surface area contributed by atoms with Crippen molar-refractivity contribution in [2.45, 2.75) is 67.4 Å². The summed E-state index contributed by atoms with van der Waals surface area (Å²) in [6.07, 6.45) is 21.3. The number of hydrogen-bond donors (Lipinski definition) is 0. The molecule has 0 heterocycles. The van der Waals surface area contributed by atoms with Crippen LogP contribution in [0.2, 0.25) is 16.0 Å². The van der Waals surface area contributed by atoms with Gasteiger partial charge in [-0.2, -0.15) is 0 Å². The zero-order valence-electron chi connectivity index (χ0n) is 14.0. The van der Waals surface area contributed by atoms with Gasteiger partial charge in [-0.1, -0.05) is 0 Å². The molecule has 4 aliphatic carbocycles. The number of rotatable bonds is 3. The van der Waals surface area contributed by atoms with Gasteiger partial charge in [-0.15, -0.1) is 0 Å². The summed E-state index contributed by atoms with van der Waals surface area (Å²) in [6.45, 7) is 4.50. The van der Waals surface area contributed by atoms with Gasteiger partial charge in [-0.25, -0.2) is 0 Å². The Morgan fingerprint density at radius 2 is 1.32 bits per heavy atom. The van der Waals surface area contributed by atoms with E-state index >= 15 is 0 Å². The zero-order chi connectivity index (χ0) is 15.2. The summed E-state index contributed by atoms with van der Waals surface area (Å²) < 4.78 is 5.64. The van der Waals surface area contributed by atoms with Crippen molar-refractivity contribution in [2.75, 3.05) is 0 Å². The van der Waals surface area contributed by atoms with Crippen LogP contribution in [0.3, 0.4) is 0 Å². The first-order valence-electron chi connectivity index (χ1n) is 9.33. The first kappa shape index (κ1) is 15.4. The van der Waals surface area contributed by atoms with Crippen molar-refractivity contribution in [1.29, 1.82) is 0 Å². The van der Waals surface area contributed by atoms with Crippen LogP contribution in [0.1, 0.15) is 51.4 Å². The molecule has 4 aliphatic rings. The van der Waals surface area contributed by atoms with Crippen molar-refractivity contribution in [3.8, 4) is 0 Å². The van der Waals surface area contributed by atoms with Gasteiger partial charge < -0.3 is 0 Å². The molecule has 2 atom stereocenters. The van der Waals surface area contributed by atoms with Crippen molar-refractivity contribution in [1.82, 2.24) is 0 Å². The molecule has 0 N–H and O–H groups in total. The van der Waals surface area contributed by atoms with E-state index in [0.29, 0.717) is 0 Å². The van der Waals surface area contributed by atoms with E-state index in [9.17, 15) is 0 Å². The molecule has 0 aromatic carbocycles. The van der Waals surface area contributed by atoms with Gasteiger partial charge in [0, 0.05) is 0 Å². The third kappa shape index (κ3) is 2.34. The third-order valence-corrected chi connectivity index (χ3v) is 19.1. The Kier molecular flexibility index (Phi) is 4.23. The standard InChI is InChI=1S/2C9H11.C2H4.CH3.Zr/c2*1-2-5-9-7-3-6-8(9)4-1;1-2;;/h2*3,6-7H,1-2,4-5H2;1-2H2;1H3;. The van der Waals surface area contributed by atoms with Crippen molar-refractivity contribution >= 4 is 0 Å². The summed E-state index contributed by atoms with van der Waals surface area (Å²) in [7, 11) is 0. The fourth-order valence-corrected chi connectivity index (χ4v) is 16.0. The van der Waals surface area contributed by atoms with Crippen molar-refractivity contribution in [3.05, 3.63) is 53.5 Å². The average Bonchev–Trinajstić information content (AvgIpc) is 3.19. The molecular weight excluding hydrogens is 343 g/mol. The molecule has 0 fully saturated rings. The van der Waals surface area contributed by atoms with E-state index in [4.69, 9.17) is 0 Å². The van der Waals surface area contributed by atoms with Gasteiger partial charge in [-0.3, -0.25) is 0 Å². The van der Waals surface area contributed by atoms with E-state index in [-0.39, 0.29) is 0 Å². The minimum absolute atomic E-state index is 0.838. The molecule has 0 amide bonds. The molecule has 0 bridgehead atoms. The molecule has 0 spiro atoms. The van der Waals surface area contributed by atoms with Crippen LogP contribution in [0.25, 0.3) is 0 Å². The Bertz CT molecular complexity index is 539. The molecule has 1 radical (unpaired) electrons. The van der Waals surface area contributed by atoms with Gasteiger partial charge in [0.25, 0.3) is 0 Å². The number of allylic oxidation sites excluding steroid dienone is 8. The predicted molar refractivity (Wildman–Crippen MR) is 92.8 cm³/mol. The Hall–Kier alpha value is -0.157. The van der Waals surface area contributed by atoms with E-state index in [1.165, 1.54) is 55.5 Å². The van der Waals surface area contributed by atoms with Crippen molar-refractivity contribution in [3.63, 3.8) is 0 Å². The van der Waals surface area contributed by atoms with Crippen LogP contribution in [-0.4, -0.2) is 0 Å².